The zero-order chi connectivity index (χ0) is 18.1. The van der Waals surface area contributed by atoms with Crippen LogP contribution in [0.4, 0.5) is 0 Å². The molecule has 4 nitrogen and oxygen atoms in total. The summed E-state index contributed by atoms with van der Waals surface area (Å²) in [4.78, 5) is 10.8. The number of hydrogen-bond donors (Lipinski definition) is 2. The fourth-order valence-electron chi connectivity index (χ4n) is 4.06. The summed E-state index contributed by atoms with van der Waals surface area (Å²) in [7, 11) is 0. The molecule has 1 saturated carbocycles. The van der Waals surface area contributed by atoms with E-state index in [0.29, 0.717) is 18.8 Å². The quantitative estimate of drug-likeness (QED) is 0.434. The van der Waals surface area contributed by atoms with Crippen LogP contribution in [0.1, 0.15) is 69.8 Å². The topological polar surface area (TPSA) is 80.6 Å². The van der Waals surface area contributed by atoms with Gasteiger partial charge in [0, 0.05) is 12.4 Å². The van der Waals surface area contributed by atoms with Gasteiger partial charge in [-0.05, 0) is 56.4 Å². The van der Waals surface area contributed by atoms with E-state index in [2.05, 4.69) is 24.3 Å². The van der Waals surface area contributed by atoms with Gasteiger partial charge in [0.05, 0.1) is 11.7 Å². The van der Waals surface area contributed by atoms with Crippen molar-refractivity contribution in [3.63, 3.8) is 0 Å². The number of aliphatic carboxylic acids is 1. The SMILES string of the molecule is O=C([O-])C[C@@]1(O)CCC[C@H](CC[C@@H](O)CCCCc2ccccc2)C1.[Na+]. The second kappa shape index (κ2) is 12.1. The molecule has 0 saturated heterocycles. The fourth-order valence-corrected chi connectivity index (χ4v) is 4.06. The minimum absolute atomic E-state index is 0. The van der Waals surface area contributed by atoms with Crippen LogP contribution in [0.3, 0.4) is 0 Å². The van der Waals surface area contributed by atoms with Crippen molar-refractivity contribution < 1.29 is 49.7 Å². The maximum atomic E-state index is 10.8. The van der Waals surface area contributed by atoms with E-state index in [1.54, 1.807) is 0 Å². The van der Waals surface area contributed by atoms with Gasteiger partial charge in [0.2, 0.25) is 0 Å². The smallest absolute Gasteiger partial charge is 0.550 e. The third-order valence-electron chi connectivity index (χ3n) is 5.40. The predicted molar refractivity (Wildman–Crippen MR) is 95.8 cm³/mol. The van der Waals surface area contributed by atoms with Crippen molar-refractivity contribution in [3.8, 4) is 0 Å². The van der Waals surface area contributed by atoms with Crippen LogP contribution in [0.15, 0.2) is 30.3 Å². The Balaban J connectivity index is 0.00000338. The summed E-state index contributed by atoms with van der Waals surface area (Å²) in [6.07, 6.45) is 7.88. The van der Waals surface area contributed by atoms with Crippen molar-refractivity contribution in [2.75, 3.05) is 0 Å². The van der Waals surface area contributed by atoms with Crippen LogP contribution in [0, 0.1) is 5.92 Å². The molecule has 1 fully saturated rings. The third-order valence-corrected chi connectivity index (χ3v) is 5.40. The van der Waals surface area contributed by atoms with E-state index < -0.39 is 11.6 Å². The Kier molecular flexibility index (Phi) is 11.0. The number of aliphatic hydroxyl groups is 2. The number of carboxylic acids is 1. The number of aliphatic hydroxyl groups excluding tert-OH is 1. The van der Waals surface area contributed by atoms with Crippen molar-refractivity contribution in [1.82, 2.24) is 0 Å². The molecule has 0 unspecified atom stereocenters. The van der Waals surface area contributed by atoms with Gasteiger partial charge < -0.3 is 20.1 Å². The molecule has 1 aliphatic carbocycles. The summed E-state index contributed by atoms with van der Waals surface area (Å²) in [5.74, 6) is -0.876. The molecule has 26 heavy (non-hydrogen) atoms. The Morgan fingerprint density at radius 1 is 1.23 bits per heavy atom. The molecule has 0 radical (unpaired) electrons. The fraction of sp³-hybridized carbons (Fsp3) is 0.667. The van der Waals surface area contributed by atoms with Crippen LogP contribution >= 0.6 is 0 Å². The summed E-state index contributed by atoms with van der Waals surface area (Å²) in [5, 5.41) is 31.3. The normalized spacial score (nSPS) is 23.8. The van der Waals surface area contributed by atoms with E-state index in [4.69, 9.17) is 0 Å². The molecule has 1 aromatic rings. The van der Waals surface area contributed by atoms with E-state index in [9.17, 15) is 20.1 Å². The van der Waals surface area contributed by atoms with Gasteiger partial charge in [-0.2, -0.15) is 0 Å². The molecule has 0 bridgehead atoms. The Bertz CT molecular complexity index is 522. The Hall–Kier alpha value is -0.390. The van der Waals surface area contributed by atoms with Crippen molar-refractivity contribution in [3.05, 3.63) is 35.9 Å². The van der Waals surface area contributed by atoms with Crippen molar-refractivity contribution >= 4 is 5.97 Å². The molecular formula is C21H31NaO4. The molecule has 1 aliphatic rings. The largest absolute Gasteiger partial charge is 1.00 e. The van der Waals surface area contributed by atoms with Crippen LogP contribution < -0.4 is 34.7 Å². The first-order chi connectivity index (χ1) is 12.0. The van der Waals surface area contributed by atoms with Crippen LogP contribution in [0.25, 0.3) is 0 Å². The number of carbonyl (C=O) groups is 1. The molecule has 2 N–H and O–H groups in total. The molecular weight excluding hydrogens is 339 g/mol. The van der Waals surface area contributed by atoms with Crippen LogP contribution in [0.5, 0.6) is 0 Å². The molecule has 1 aromatic carbocycles. The van der Waals surface area contributed by atoms with Crippen LogP contribution in [-0.2, 0) is 11.2 Å². The maximum absolute atomic E-state index is 10.8. The van der Waals surface area contributed by atoms with Crippen molar-refractivity contribution in [1.29, 1.82) is 0 Å². The van der Waals surface area contributed by atoms with Gasteiger partial charge in [-0.3, -0.25) is 0 Å². The first-order valence-electron chi connectivity index (χ1n) is 9.61. The number of hydrogen-bond acceptors (Lipinski definition) is 4. The van der Waals surface area contributed by atoms with Crippen LogP contribution in [0.2, 0.25) is 0 Å². The molecule has 2 rings (SSSR count). The summed E-state index contributed by atoms with van der Waals surface area (Å²) in [5.41, 5.74) is 0.231. The van der Waals surface area contributed by atoms with E-state index in [1.165, 1.54) is 5.56 Å². The molecule has 0 heterocycles. The first-order valence-corrected chi connectivity index (χ1v) is 9.61. The van der Waals surface area contributed by atoms with Crippen molar-refractivity contribution in [2.45, 2.75) is 82.3 Å². The van der Waals surface area contributed by atoms with Gasteiger partial charge >= 0.3 is 29.6 Å². The minimum atomic E-state index is -1.18. The molecule has 140 valence electrons. The zero-order valence-electron chi connectivity index (χ0n) is 16.0. The second-order valence-corrected chi connectivity index (χ2v) is 7.70. The van der Waals surface area contributed by atoms with Crippen LogP contribution in [-0.4, -0.2) is 27.9 Å². The van der Waals surface area contributed by atoms with E-state index in [1.807, 2.05) is 6.07 Å². The summed E-state index contributed by atoms with van der Waals surface area (Å²) < 4.78 is 0. The average molecular weight is 370 g/mol. The van der Waals surface area contributed by atoms with E-state index in [-0.39, 0.29) is 42.1 Å². The Labute approximate surface area is 179 Å². The van der Waals surface area contributed by atoms with E-state index >= 15 is 0 Å². The number of rotatable bonds is 10. The standard InChI is InChI=1S/C21H32O4.Na/c22-19(11-5-4-9-17-7-2-1-3-8-17)13-12-18-10-6-14-21(25,15-18)16-20(23)24;/h1-3,7-8,18-19,22,25H,4-6,9-16H2,(H,23,24);/q;+1/p-1/t18-,19+,21-;/m1./s1. The number of aryl methyl sites for hydroxylation is 1. The van der Waals surface area contributed by atoms with Gasteiger partial charge in [0.15, 0.2) is 0 Å². The van der Waals surface area contributed by atoms with Gasteiger partial charge in [0.1, 0.15) is 0 Å². The maximum Gasteiger partial charge on any atom is 1.00 e. The third kappa shape index (κ3) is 9.01. The van der Waals surface area contributed by atoms with Gasteiger partial charge in [-0.25, -0.2) is 0 Å². The predicted octanol–water partition coefficient (Wildman–Crippen LogP) is -0.394. The summed E-state index contributed by atoms with van der Waals surface area (Å²) >= 11 is 0. The molecule has 0 amide bonds. The minimum Gasteiger partial charge on any atom is -0.550 e. The monoisotopic (exact) mass is 370 g/mol. The van der Waals surface area contributed by atoms with Crippen molar-refractivity contribution in [2.24, 2.45) is 5.92 Å². The average Bonchev–Trinajstić information content (AvgIpc) is 2.57. The summed E-state index contributed by atoms with van der Waals surface area (Å²) in [6.45, 7) is 0. The number of carbonyl (C=O) groups excluding carboxylic acids is 1. The van der Waals surface area contributed by atoms with Gasteiger partial charge in [0.25, 0.3) is 0 Å². The van der Waals surface area contributed by atoms with E-state index in [0.717, 1.165) is 51.4 Å². The molecule has 0 spiro atoms. The van der Waals surface area contributed by atoms with Gasteiger partial charge in [-0.15, -0.1) is 0 Å². The molecule has 3 atom stereocenters. The Morgan fingerprint density at radius 2 is 1.96 bits per heavy atom. The molecule has 0 aliphatic heterocycles. The molecule has 5 heteroatoms. The molecule has 0 aromatic heterocycles. The summed E-state index contributed by atoms with van der Waals surface area (Å²) in [6, 6.07) is 10.4. The number of benzene rings is 1. The Morgan fingerprint density at radius 3 is 2.65 bits per heavy atom. The number of unbranched alkanes of at least 4 members (excludes halogenated alkanes) is 1. The number of carboxylic acid groups (broad SMARTS) is 1. The van der Waals surface area contributed by atoms with Gasteiger partial charge in [-0.1, -0.05) is 49.6 Å². The second-order valence-electron chi connectivity index (χ2n) is 7.70. The first kappa shape index (κ1) is 23.6. The zero-order valence-corrected chi connectivity index (χ0v) is 18.0.